The van der Waals surface area contributed by atoms with Crippen molar-refractivity contribution < 1.29 is 74.0 Å². The number of hydrogen-bond acceptors (Lipinski definition) is 16. The molecule has 0 aromatic rings. The standard InChI is InChI=1S/CH4.3Ba.2HO8P3/c;;;;2*1-9(2)7-11(5,6)8-10(3)4/h1H4;;;;2*(H,5,6)/q;3*+2;;/p-2. The molecule has 4 atom stereocenters. The maximum absolute atomic E-state index is 10.1. The molecular formula is CH4Ba3O16P6+4. The van der Waals surface area contributed by atoms with Crippen LogP contribution in [0, 0.1) is 0 Å². The Kier molecular flexibility index (Phi) is 40.2. The summed E-state index contributed by atoms with van der Waals surface area (Å²) in [4.78, 5) is 58.4. The van der Waals surface area contributed by atoms with Gasteiger partial charge in [0, 0.05) is 0 Å². The molecular weight excluding hydrogens is 866 g/mol. The molecule has 26 heavy (non-hydrogen) atoms. The van der Waals surface area contributed by atoms with Crippen molar-refractivity contribution in [1.82, 2.24) is 0 Å². The third-order valence-corrected chi connectivity index (χ3v) is 6.00. The van der Waals surface area contributed by atoms with Gasteiger partial charge in [-0.3, -0.25) is 9.13 Å². The van der Waals surface area contributed by atoms with E-state index in [-0.39, 0.29) is 154 Å². The zero-order valence-corrected chi connectivity index (χ0v) is 30.0. The smallest absolute Gasteiger partial charge is 0.750 e. The second-order valence-corrected chi connectivity index (χ2v) is 8.31. The van der Waals surface area contributed by atoms with Gasteiger partial charge in [0.05, 0.1) is 0 Å². The molecule has 0 heterocycles. The van der Waals surface area contributed by atoms with Crippen molar-refractivity contribution in [3.8, 4) is 0 Å². The van der Waals surface area contributed by atoms with Crippen molar-refractivity contribution in [1.29, 1.82) is 0 Å². The largest absolute Gasteiger partial charge is 2.00 e. The van der Waals surface area contributed by atoms with Crippen LogP contribution in [0.3, 0.4) is 0 Å². The van der Waals surface area contributed by atoms with Gasteiger partial charge in [-0.1, -0.05) is 24.7 Å². The molecule has 25 heteroatoms. The predicted molar refractivity (Wildman–Crippen MR) is 74.0 cm³/mol. The van der Waals surface area contributed by atoms with Crippen LogP contribution < -0.4 is 29.4 Å². The predicted octanol–water partition coefficient (Wildman–Crippen LogP) is -3.46. The fourth-order valence-corrected chi connectivity index (χ4v) is 3.74. The molecule has 136 valence electrons. The van der Waals surface area contributed by atoms with Gasteiger partial charge in [0.1, 0.15) is 0 Å². The molecule has 0 aliphatic carbocycles. The van der Waals surface area contributed by atoms with Crippen LogP contribution in [0.25, 0.3) is 0 Å². The number of hydrogen-bond donors (Lipinski definition) is 0. The zero-order valence-electron chi connectivity index (χ0n) is 11.3. The second-order valence-electron chi connectivity index (χ2n) is 2.12. The second kappa shape index (κ2) is 23.3. The molecule has 0 amide bonds. The quantitative estimate of drug-likeness (QED) is 0.169. The summed E-state index contributed by atoms with van der Waals surface area (Å²) in [7, 11) is -25.2. The Balaban J connectivity index is -0.0000000667. The van der Waals surface area contributed by atoms with Crippen LogP contribution >= 0.6 is 48.7 Å². The molecule has 0 fully saturated rings. The number of phosphoric acid groups is 2. The van der Waals surface area contributed by atoms with E-state index in [0.29, 0.717) is 0 Å². The molecule has 0 N–H and O–H groups in total. The first-order valence-electron chi connectivity index (χ1n) is 3.65. The Labute approximate surface area is 270 Å². The van der Waals surface area contributed by atoms with E-state index in [1.54, 1.807) is 0 Å². The van der Waals surface area contributed by atoms with E-state index in [1.165, 1.54) is 0 Å². The van der Waals surface area contributed by atoms with Crippen molar-refractivity contribution in [2.75, 3.05) is 0 Å². The molecule has 0 aromatic heterocycles. The van der Waals surface area contributed by atoms with E-state index >= 15 is 0 Å². The van der Waals surface area contributed by atoms with E-state index in [1.807, 2.05) is 0 Å². The minimum atomic E-state index is -5.25. The summed E-state index contributed by atoms with van der Waals surface area (Å²) < 4.78 is 70.8. The number of rotatable bonds is 8. The molecule has 0 aliphatic heterocycles. The minimum Gasteiger partial charge on any atom is -0.750 e. The van der Waals surface area contributed by atoms with Gasteiger partial charge in [-0.05, 0) is 18.3 Å². The Morgan fingerprint density at radius 1 is 0.538 bits per heavy atom. The van der Waals surface area contributed by atoms with Crippen LogP contribution in [0.5, 0.6) is 0 Å². The Hall–Kier alpha value is 5.17. The van der Waals surface area contributed by atoms with Crippen LogP contribution in [0.4, 0.5) is 0 Å². The average molecular weight is 870 g/mol. The molecule has 16 nitrogen and oxygen atoms in total. The van der Waals surface area contributed by atoms with E-state index < -0.39 is 48.7 Å². The van der Waals surface area contributed by atoms with Gasteiger partial charge < -0.3 is 29.4 Å². The Morgan fingerprint density at radius 3 is 0.731 bits per heavy atom. The van der Waals surface area contributed by atoms with Crippen molar-refractivity contribution in [3.63, 3.8) is 0 Å². The van der Waals surface area contributed by atoms with E-state index in [4.69, 9.17) is 0 Å². The summed E-state index contributed by atoms with van der Waals surface area (Å²) in [6.07, 6.45) is 0. The van der Waals surface area contributed by atoms with Crippen LogP contribution in [-0.4, -0.2) is 147 Å². The van der Waals surface area contributed by atoms with E-state index in [2.05, 4.69) is 17.2 Å². The Morgan fingerprint density at radius 2 is 0.654 bits per heavy atom. The first-order valence-corrected chi connectivity index (χ1v) is 11.0. The van der Waals surface area contributed by atoms with Crippen molar-refractivity contribution in [3.05, 3.63) is 0 Å². The normalized spacial score (nSPS) is 15.9. The van der Waals surface area contributed by atoms with E-state index in [9.17, 15) is 56.8 Å². The van der Waals surface area contributed by atoms with Gasteiger partial charge in [-0.15, -0.1) is 0 Å². The monoisotopic (exact) mass is 872 g/mol. The molecule has 0 radical (unpaired) electrons. The molecule has 0 bridgehead atoms. The van der Waals surface area contributed by atoms with E-state index in [0.717, 1.165) is 0 Å². The molecule has 0 rings (SSSR count). The summed E-state index contributed by atoms with van der Waals surface area (Å²) in [6, 6.07) is 0. The zero-order chi connectivity index (χ0) is 18.1. The maximum Gasteiger partial charge on any atom is 2.00 e. The van der Waals surface area contributed by atoms with Crippen LogP contribution in [0.1, 0.15) is 7.43 Å². The first-order chi connectivity index (χ1) is 9.67. The summed E-state index contributed by atoms with van der Waals surface area (Å²) in [5.41, 5.74) is 0. The van der Waals surface area contributed by atoms with Crippen LogP contribution in [-0.2, 0) is 44.6 Å². The summed E-state index contributed by atoms with van der Waals surface area (Å²) in [5.74, 6) is 0. The van der Waals surface area contributed by atoms with Crippen molar-refractivity contribution in [2.45, 2.75) is 7.43 Å². The third-order valence-electron chi connectivity index (χ3n) is 0.667. The van der Waals surface area contributed by atoms with Crippen molar-refractivity contribution in [2.24, 2.45) is 0 Å². The SMILES string of the molecule is C.O=[P+]([O-])OP(=O)([O-])O[P+](=O)[O-].O=[P+]([O-])OP(=O)([O-])O[P+](=O)[O-].[Ba+2].[Ba+2].[Ba+2]. The molecule has 0 saturated heterocycles. The summed E-state index contributed by atoms with van der Waals surface area (Å²) in [5, 5.41) is 0. The summed E-state index contributed by atoms with van der Waals surface area (Å²) in [6.45, 7) is 0. The minimum absolute atomic E-state index is 0. The van der Waals surface area contributed by atoms with Gasteiger partial charge in [0.2, 0.25) is 0 Å². The summed E-state index contributed by atoms with van der Waals surface area (Å²) >= 11 is 0. The van der Waals surface area contributed by atoms with Gasteiger partial charge in [0.15, 0.2) is 0 Å². The third kappa shape index (κ3) is 36.5. The van der Waals surface area contributed by atoms with Crippen LogP contribution in [0.15, 0.2) is 0 Å². The van der Waals surface area contributed by atoms with Gasteiger partial charge >= 0.3 is 195 Å². The average Bonchev–Trinajstić information content (AvgIpc) is 2.06. The topological polar surface area (TPSA) is 278 Å². The first kappa shape index (κ1) is 44.8. The molecule has 0 aromatic carbocycles. The van der Waals surface area contributed by atoms with Gasteiger partial charge in [-0.2, -0.15) is 0 Å². The molecule has 0 aliphatic rings. The molecule has 0 spiro atoms. The maximum atomic E-state index is 10.1. The van der Waals surface area contributed by atoms with Crippen LogP contribution in [0.2, 0.25) is 0 Å². The van der Waals surface area contributed by atoms with Crippen molar-refractivity contribution >= 4 is 195 Å². The van der Waals surface area contributed by atoms with Gasteiger partial charge in [-0.25, -0.2) is 0 Å². The fourth-order valence-electron chi connectivity index (χ4n) is 0.356. The molecule has 0 saturated carbocycles. The molecule has 4 unspecified atom stereocenters. The van der Waals surface area contributed by atoms with Gasteiger partial charge in [0.25, 0.3) is 0 Å². The Bertz CT molecular complexity index is 458. The fraction of sp³-hybridized carbons (Fsp3) is 1.00.